The van der Waals surface area contributed by atoms with Crippen molar-refractivity contribution in [3.63, 3.8) is 0 Å². The van der Waals surface area contributed by atoms with E-state index in [0.29, 0.717) is 15.8 Å². The Balaban J connectivity index is 1.70. The molecule has 2 atom stereocenters. The summed E-state index contributed by atoms with van der Waals surface area (Å²) in [7, 11) is 0. The predicted octanol–water partition coefficient (Wildman–Crippen LogP) is 6.79. The maximum atomic E-state index is 10.8. The number of hydrogen-bond acceptors (Lipinski definition) is 3. The lowest BCUT2D eigenvalue weighted by Gasteiger charge is -2.28. The van der Waals surface area contributed by atoms with Crippen molar-refractivity contribution < 1.29 is 5.11 Å². The molecule has 2 aromatic carbocycles. The summed E-state index contributed by atoms with van der Waals surface area (Å²) in [5, 5.41) is 15.2. The van der Waals surface area contributed by atoms with Crippen molar-refractivity contribution in [2.45, 2.75) is 25.9 Å². The Morgan fingerprint density at radius 2 is 1.82 bits per heavy atom. The van der Waals surface area contributed by atoms with Crippen LogP contribution in [0.4, 0.5) is 5.69 Å². The molecule has 0 saturated carbocycles. The second-order valence-electron chi connectivity index (χ2n) is 8.27. The van der Waals surface area contributed by atoms with Gasteiger partial charge in [-0.1, -0.05) is 33.6 Å². The molecule has 0 radical (unpaired) electrons. The number of nitrogens with zero attached hydrogens (tertiary/aromatic N) is 3. The van der Waals surface area contributed by atoms with E-state index in [1.807, 2.05) is 35.2 Å². The summed E-state index contributed by atoms with van der Waals surface area (Å²) >= 11 is 15.6. The van der Waals surface area contributed by atoms with Gasteiger partial charge in [0.1, 0.15) is 5.75 Å². The maximum Gasteiger partial charge on any atom is 0.174 e. The Kier molecular flexibility index (Phi) is 6.10. The minimum absolute atomic E-state index is 0.113. The molecule has 5 nitrogen and oxygen atoms in total. The number of pyridine rings is 1. The molecule has 4 aromatic rings. The van der Waals surface area contributed by atoms with Gasteiger partial charge in [0.15, 0.2) is 5.11 Å². The summed E-state index contributed by atoms with van der Waals surface area (Å²) in [5.74, 6) is 0.113. The summed E-state index contributed by atoms with van der Waals surface area (Å²) in [6.07, 6.45) is 1.78. The van der Waals surface area contributed by atoms with Crippen molar-refractivity contribution in [1.29, 1.82) is 0 Å². The fraction of sp³-hybridized carbons (Fsp3) is 0.154. The summed E-state index contributed by atoms with van der Waals surface area (Å²) in [4.78, 5) is 6.56. The summed E-state index contributed by atoms with van der Waals surface area (Å²) in [5.41, 5.74) is 5.77. The average Bonchev–Trinajstić information content (AvgIpc) is 3.32. The van der Waals surface area contributed by atoms with E-state index in [9.17, 15) is 5.11 Å². The lowest BCUT2D eigenvalue weighted by Crippen LogP contribution is -2.29. The minimum Gasteiger partial charge on any atom is -0.506 e. The van der Waals surface area contributed by atoms with Crippen LogP contribution in [0.5, 0.6) is 5.75 Å². The highest BCUT2D eigenvalue weighted by molar-refractivity contribution is 9.10. The number of aromatic hydroxyl groups is 1. The molecule has 0 spiro atoms. The SMILES string of the molecule is Cc1cc(C2C(c3ccccn3)NC(=S)N2c2cc(Cl)ccc2O)c(C)n1-c1ccc(Br)cc1. The van der Waals surface area contributed by atoms with Crippen LogP contribution in [0.2, 0.25) is 5.02 Å². The van der Waals surface area contributed by atoms with Crippen LogP contribution in [-0.4, -0.2) is 19.8 Å². The summed E-state index contributed by atoms with van der Waals surface area (Å²) in [6, 6.07) is 20.8. The second kappa shape index (κ2) is 9.06. The third-order valence-corrected chi connectivity index (χ3v) is 7.25. The van der Waals surface area contributed by atoms with Crippen LogP contribution >= 0.6 is 39.7 Å². The first-order valence-electron chi connectivity index (χ1n) is 10.8. The number of halogens is 2. The van der Waals surface area contributed by atoms with E-state index in [-0.39, 0.29) is 17.8 Å². The maximum absolute atomic E-state index is 10.8. The molecule has 172 valence electrons. The average molecular weight is 554 g/mol. The number of aromatic nitrogens is 2. The molecule has 1 aliphatic heterocycles. The number of phenolic OH excluding ortho intramolecular Hbond substituents is 1. The number of anilines is 1. The molecule has 1 fully saturated rings. The molecule has 1 aliphatic rings. The van der Waals surface area contributed by atoms with Gasteiger partial charge in [0.25, 0.3) is 0 Å². The van der Waals surface area contributed by atoms with Crippen molar-refractivity contribution >= 4 is 50.5 Å². The van der Waals surface area contributed by atoms with Gasteiger partial charge >= 0.3 is 0 Å². The topological polar surface area (TPSA) is 53.3 Å². The molecule has 1 saturated heterocycles. The van der Waals surface area contributed by atoms with Crippen molar-refractivity contribution in [3.8, 4) is 11.4 Å². The third-order valence-electron chi connectivity index (χ3n) is 6.17. The number of aryl methyl sites for hydroxylation is 1. The second-order valence-corrected chi connectivity index (χ2v) is 10.0. The van der Waals surface area contributed by atoms with Crippen LogP contribution in [0.25, 0.3) is 5.69 Å². The fourth-order valence-corrected chi connectivity index (χ4v) is 5.46. The minimum atomic E-state index is -0.248. The van der Waals surface area contributed by atoms with E-state index in [0.717, 1.165) is 32.8 Å². The van der Waals surface area contributed by atoms with Gasteiger partial charge in [0.2, 0.25) is 0 Å². The van der Waals surface area contributed by atoms with E-state index >= 15 is 0 Å². The Hall–Kier alpha value is -2.87. The molecule has 0 bridgehead atoms. The van der Waals surface area contributed by atoms with Gasteiger partial charge in [0, 0.05) is 32.8 Å². The molecule has 5 rings (SSSR count). The van der Waals surface area contributed by atoms with Crippen molar-refractivity contribution in [2.24, 2.45) is 0 Å². The Labute approximate surface area is 217 Å². The van der Waals surface area contributed by atoms with Crippen LogP contribution in [0.1, 0.15) is 34.7 Å². The summed E-state index contributed by atoms with van der Waals surface area (Å²) < 4.78 is 3.26. The molecular weight excluding hydrogens is 532 g/mol. The van der Waals surface area contributed by atoms with Crippen molar-refractivity contribution in [3.05, 3.63) is 105 Å². The van der Waals surface area contributed by atoms with E-state index in [1.54, 1.807) is 24.4 Å². The number of rotatable bonds is 4. The van der Waals surface area contributed by atoms with Gasteiger partial charge < -0.3 is 19.9 Å². The molecule has 3 heterocycles. The van der Waals surface area contributed by atoms with Crippen LogP contribution in [0.15, 0.2) is 77.4 Å². The zero-order valence-electron chi connectivity index (χ0n) is 18.5. The lowest BCUT2D eigenvalue weighted by molar-refractivity contribution is 0.472. The van der Waals surface area contributed by atoms with Gasteiger partial charge in [-0.25, -0.2) is 0 Å². The number of hydrogen-bond donors (Lipinski definition) is 2. The molecule has 2 aromatic heterocycles. The highest BCUT2D eigenvalue weighted by Crippen LogP contribution is 2.46. The molecule has 2 N–H and O–H groups in total. The fourth-order valence-electron chi connectivity index (χ4n) is 4.69. The van der Waals surface area contributed by atoms with E-state index in [2.05, 4.69) is 62.8 Å². The normalized spacial score (nSPS) is 17.8. The van der Waals surface area contributed by atoms with Gasteiger partial charge in [-0.3, -0.25) is 4.98 Å². The molecule has 0 aliphatic carbocycles. The standard InChI is InChI=1S/C26H22BrClN4OS/c1-15-13-20(16(2)31(15)19-9-6-17(27)7-10-19)25-24(21-5-3-4-12-29-21)30-26(34)32(25)22-14-18(28)8-11-23(22)33/h3-14,24-25,33H,1-2H3,(H,30,34). The van der Waals surface area contributed by atoms with E-state index in [4.69, 9.17) is 23.8 Å². The number of phenols is 1. The molecule has 8 heteroatoms. The first-order valence-corrected chi connectivity index (χ1v) is 12.4. The molecule has 0 amide bonds. The zero-order chi connectivity index (χ0) is 24.0. The number of thiocarbonyl (C=S) groups is 1. The first-order chi connectivity index (χ1) is 16.3. The quantitative estimate of drug-likeness (QED) is 0.273. The number of nitrogens with one attached hydrogen (secondary N) is 1. The highest BCUT2D eigenvalue weighted by Gasteiger charge is 2.43. The Bertz CT molecular complexity index is 1370. The Morgan fingerprint density at radius 3 is 2.53 bits per heavy atom. The van der Waals surface area contributed by atoms with E-state index in [1.165, 1.54) is 0 Å². The van der Waals surface area contributed by atoms with Gasteiger partial charge in [0.05, 0.1) is 23.5 Å². The molecule has 2 unspecified atom stereocenters. The lowest BCUT2D eigenvalue weighted by atomic mass is 9.96. The predicted molar refractivity (Wildman–Crippen MR) is 144 cm³/mol. The van der Waals surface area contributed by atoms with Crippen LogP contribution < -0.4 is 10.2 Å². The smallest absolute Gasteiger partial charge is 0.174 e. The monoisotopic (exact) mass is 552 g/mol. The third kappa shape index (κ3) is 3.98. The van der Waals surface area contributed by atoms with Crippen molar-refractivity contribution in [2.75, 3.05) is 4.90 Å². The van der Waals surface area contributed by atoms with Crippen molar-refractivity contribution in [1.82, 2.24) is 14.9 Å². The van der Waals surface area contributed by atoms with Crippen LogP contribution in [-0.2, 0) is 0 Å². The molecular formula is C26H22BrClN4OS. The van der Waals surface area contributed by atoms with Crippen LogP contribution in [0.3, 0.4) is 0 Å². The summed E-state index contributed by atoms with van der Waals surface area (Å²) in [6.45, 7) is 4.20. The van der Waals surface area contributed by atoms with E-state index < -0.39 is 0 Å². The van der Waals surface area contributed by atoms with Gasteiger partial charge in [-0.05, 0) is 92.3 Å². The Morgan fingerprint density at radius 1 is 1.06 bits per heavy atom. The largest absolute Gasteiger partial charge is 0.506 e. The van der Waals surface area contributed by atoms with Gasteiger partial charge in [-0.2, -0.15) is 0 Å². The number of benzene rings is 2. The first kappa shape index (κ1) is 22.9. The molecule has 34 heavy (non-hydrogen) atoms. The zero-order valence-corrected chi connectivity index (χ0v) is 21.7. The van der Waals surface area contributed by atoms with Crippen LogP contribution in [0, 0.1) is 13.8 Å². The van der Waals surface area contributed by atoms with Gasteiger partial charge in [-0.15, -0.1) is 0 Å². The highest BCUT2D eigenvalue weighted by atomic mass is 79.9.